The molecule has 0 rings (SSSR count). The molecule has 0 heterocycles. The minimum atomic E-state index is 0. The molecule has 0 aliphatic heterocycles. The number of unbranched alkanes of at least 4 members (excludes halogenated alkanes) is 12. The van der Waals surface area contributed by atoms with Gasteiger partial charge in [-0.25, -0.2) is 0 Å². The Bertz CT molecular complexity index is 111. The van der Waals surface area contributed by atoms with Crippen molar-refractivity contribution in [3.63, 3.8) is 0 Å². The van der Waals surface area contributed by atoms with E-state index in [-0.39, 0.29) is 36.3 Å². The average Bonchev–Trinajstić information content (AvgIpc) is 2.47. The minimum absolute atomic E-state index is 0. The van der Waals surface area contributed by atoms with Gasteiger partial charge in [-0.1, -0.05) is 104 Å². The Morgan fingerprint density at radius 3 is 0.905 bits per heavy atom. The van der Waals surface area contributed by atoms with Gasteiger partial charge in [-0.15, -0.1) is 13.2 Å². The van der Waals surface area contributed by atoms with Crippen LogP contribution in [-0.4, -0.2) is 36.3 Å². The maximum Gasteiger partial charge on any atom is 2.00 e. The summed E-state index contributed by atoms with van der Waals surface area (Å²) in [6, 6.07) is 0. The molecule has 0 unspecified atom stereocenters. The molecule has 0 amide bonds. The third-order valence-corrected chi connectivity index (χ3v) is 3.50. The number of hydrogen-bond donors (Lipinski definition) is 0. The average molecular weight is 311 g/mol. The van der Waals surface area contributed by atoms with E-state index in [9.17, 15) is 10.2 Å². The fourth-order valence-corrected chi connectivity index (χ4v) is 2.12. The molecule has 0 atom stereocenters. The summed E-state index contributed by atoms with van der Waals surface area (Å²) in [6.45, 7) is 4.68. The Hall–Kier alpha value is 0.686. The maximum atomic E-state index is 10.0. The van der Waals surface area contributed by atoms with E-state index < -0.39 is 0 Å². The summed E-state index contributed by atoms with van der Waals surface area (Å²) in [7, 11) is 0. The minimum Gasteiger partial charge on any atom is -0.854 e. The van der Waals surface area contributed by atoms with E-state index in [1.54, 1.807) is 0 Å². The van der Waals surface area contributed by atoms with E-state index in [1.807, 2.05) is 0 Å². The van der Waals surface area contributed by atoms with Gasteiger partial charge >= 0.3 is 23.1 Å². The van der Waals surface area contributed by atoms with E-state index in [0.29, 0.717) is 0 Å². The standard InChI is InChI=1S/2C9H19O.Mg/c2*1-2-3-4-5-6-7-8-9-10;/h2*2-9H2,1H3;/q2*-1;+2. The summed E-state index contributed by atoms with van der Waals surface area (Å²) in [5, 5.41) is 20.0. The SMILES string of the molecule is CCCCCCCCC[O-].CCCCCCCCC[O-].[Mg+2]. The first-order valence-corrected chi connectivity index (χ1v) is 8.99. The van der Waals surface area contributed by atoms with Crippen LogP contribution in [0.4, 0.5) is 0 Å². The van der Waals surface area contributed by atoms with Gasteiger partial charge in [-0.05, 0) is 0 Å². The molecular weight excluding hydrogens is 273 g/mol. The summed E-state index contributed by atoms with van der Waals surface area (Å²) in [5.41, 5.74) is 0. The molecule has 0 radical (unpaired) electrons. The molecule has 0 N–H and O–H groups in total. The molecule has 3 heteroatoms. The van der Waals surface area contributed by atoms with Crippen LogP contribution in [0, 0.1) is 0 Å². The Balaban J connectivity index is -0.000000295. The first-order valence-electron chi connectivity index (χ1n) is 8.99. The van der Waals surface area contributed by atoms with E-state index in [0.717, 1.165) is 25.7 Å². The van der Waals surface area contributed by atoms with E-state index in [2.05, 4.69) is 13.8 Å². The first-order chi connectivity index (χ1) is 9.83. The summed E-state index contributed by atoms with van der Waals surface area (Å²) in [5.74, 6) is 0. The van der Waals surface area contributed by atoms with Crippen molar-refractivity contribution in [2.75, 3.05) is 13.2 Å². The van der Waals surface area contributed by atoms with Gasteiger partial charge in [0.05, 0.1) is 0 Å². The van der Waals surface area contributed by atoms with Crippen molar-refractivity contribution in [2.45, 2.75) is 104 Å². The summed E-state index contributed by atoms with van der Waals surface area (Å²) in [6.07, 6.45) is 17.3. The molecule has 0 aliphatic rings. The zero-order valence-electron chi connectivity index (χ0n) is 14.8. The van der Waals surface area contributed by atoms with Crippen LogP contribution in [0.5, 0.6) is 0 Å². The molecule has 0 saturated heterocycles. The van der Waals surface area contributed by atoms with Gasteiger partial charge in [0.15, 0.2) is 0 Å². The molecular formula is C18H38MgO2. The fraction of sp³-hybridized carbons (Fsp3) is 1.00. The second-order valence-corrected chi connectivity index (χ2v) is 5.65. The van der Waals surface area contributed by atoms with Crippen LogP contribution >= 0.6 is 0 Å². The molecule has 0 spiro atoms. The molecule has 2 nitrogen and oxygen atoms in total. The van der Waals surface area contributed by atoms with Gasteiger partial charge in [0.25, 0.3) is 0 Å². The van der Waals surface area contributed by atoms with Gasteiger partial charge < -0.3 is 10.2 Å². The summed E-state index contributed by atoms with van der Waals surface area (Å²) < 4.78 is 0. The van der Waals surface area contributed by atoms with Crippen LogP contribution in [0.1, 0.15) is 104 Å². The van der Waals surface area contributed by atoms with Gasteiger partial charge in [0.1, 0.15) is 0 Å². The monoisotopic (exact) mass is 310 g/mol. The van der Waals surface area contributed by atoms with Crippen molar-refractivity contribution in [3.05, 3.63) is 0 Å². The van der Waals surface area contributed by atoms with Crippen molar-refractivity contribution in [1.82, 2.24) is 0 Å². The van der Waals surface area contributed by atoms with E-state index in [4.69, 9.17) is 0 Å². The van der Waals surface area contributed by atoms with E-state index >= 15 is 0 Å². The Morgan fingerprint density at radius 2 is 0.667 bits per heavy atom. The zero-order valence-corrected chi connectivity index (χ0v) is 16.3. The predicted molar refractivity (Wildman–Crippen MR) is 91.5 cm³/mol. The van der Waals surface area contributed by atoms with Crippen LogP contribution in [0.3, 0.4) is 0 Å². The van der Waals surface area contributed by atoms with Gasteiger partial charge in [0.2, 0.25) is 0 Å². The van der Waals surface area contributed by atoms with Crippen LogP contribution in [-0.2, 0) is 0 Å². The molecule has 124 valence electrons. The van der Waals surface area contributed by atoms with Crippen molar-refractivity contribution in [3.8, 4) is 0 Å². The van der Waals surface area contributed by atoms with Crippen molar-refractivity contribution in [2.24, 2.45) is 0 Å². The topological polar surface area (TPSA) is 46.1 Å². The first kappa shape index (κ1) is 26.6. The third-order valence-electron chi connectivity index (χ3n) is 3.50. The second-order valence-electron chi connectivity index (χ2n) is 5.65. The fourth-order valence-electron chi connectivity index (χ4n) is 2.12. The number of rotatable bonds is 14. The number of hydrogen-bond acceptors (Lipinski definition) is 2. The van der Waals surface area contributed by atoms with Crippen LogP contribution in [0.2, 0.25) is 0 Å². The van der Waals surface area contributed by atoms with Crippen molar-refractivity contribution >= 4 is 23.1 Å². The molecule has 0 aliphatic carbocycles. The summed E-state index contributed by atoms with van der Waals surface area (Å²) in [4.78, 5) is 0. The molecule has 0 aromatic carbocycles. The molecule has 0 saturated carbocycles. The van der Waals surface area contributed by atoms with Crippen LogP contribution < -0.4 is 10.2 Å². The molecule has 0 bridgehead atoms. The molecule has 0 aromatic heterocycles. The zero-order chi connectivity index (χ0) is 15.3. The van der Waals surface area contributed by atoms with Crippen molar-refractivity contribution in [1.29, 1.82) is 0 Å². The Morgan fingerprint density at radius 1 is 0.429 bits per heavy atom. The Labute approximate surface area is 150 Å². The molecule has 0 fully saturated rings. The van der Waals surface area contributed by atoms with Gasteiger partial charge in [0, 0.05) is 0 Å². The van der Waals surface area contributed by atoms with Crippen LogP contribution in [0.25, 0.3) is 0 Å². The van der Waals surface area contributed by atoms with Gasteiger partial charge in [-0.2, -0.15) is 0 Å². The van der Waals surface area contributed by atoms with E-state index in [1.165, 1.54) is 64.2 Å². The molecule has 0 aromatic rings. The van der Waals surface area contributed by atoms with Crippen molar-refractivity contribution < 1.29 is 10.2 Å². The summed E-state index contributed by atoms with van der Waals surface area (Å²) >= 11 is 0. The smallest absolute Gasteiger partial charge is 0.854 e. The predicted octanol–water partition coefficient (Wildman–Crippen LogP) is 3.81. The molecule has 21 heavy (non-hydrogen) atoms. The van der Waals surface area contributed by atoms with Crippen LogP contribution in [0.15, 0.2) is 0 Å². The Kier molecular flexibility index (Phi) is 36.4. The largest absolute Gasteiger partial charge is 2.00 e. The normalized spacial score (nSPS) is 9.71. The maximum absolute atomic E-state index is 10.0. The quantitative estimate of drug-likeness (QED) is 0.362. The van der Waals surface area contributed by atoms with Gasteiger partial charge in [-0.3, -0.25) is 0 Å². The third kappa shape index (κ3) is 33.5. The second kappa shape index (κ2) is 28.8.